The first-order valence-corrected chi connectivity index (χ1v) is 3.55. The number of hydrogen-bond donors (Lipinski definition) is 0. The molecule has 0 aliphatic heterocycles. The second-order valence-corrected chi connectivity index (χ2v) is 2.87. The normalized spacial score (nSPS) is 11.5. The second-order valence-electron chi connectivity index (χ2n) is 1.36. The van der Waals surface area contributed by atoms with Gasteiger partial charge in [-0.3, -0.25) is 4.99 Å². The molecule has 0 heterocycles. The maximum absolute atomic E-state index is 3.62. The zero-order chi connectivity index (χ0) is 6.41. The average molecular weight is 129 g/mol. The van der Waals surface area contributed by atoms with Gasteiger partial charge in [-0.15, -0.1) is 11.8 Å². The van der Waals surface area contributed by atoms with Crippen molar-refractivity contribution in [3.05, 3.63) is 11.1 Å². The summed E-state index contributed by atoms with van der Waals surface area (Å²) in [6, 6.07) is 0. The van der Waals surface area contributed by atoms with E-state index in [1.54, 1.807) is 18.0 Å². The molecule has 0 N–H and O–H groups in total. The third-order valence-electron chi connectivity index (χ3n) is 0.645. The molecular weight excluding hydrogens is 118 g/mol. The fourth-order valence-corrected chi connectivity index (χ4v) is 0.998. The van der Waals surface area contributed by atoms with E-state index in [1.165, 1.54) is 4.91 Å². The summed E-state index contributed by atoms with van der Waals surface area (Å²) in [6.07, 6.45) is 1.77. The van der Waals surface area contributed by atoms with Crippen LogP contribution in [0.1, 0.15) is 13.8 Å². The minimum Gasteiger partial charge on any atom is -0.272 e. The lowest BCUT2D eigenvalue weighted by molar-refractivity contribution is 1.49. The molecule has 0 aliphatic rings. The number of rotatable bonds is 3. The largest absolute Gasteiger partial charge is 0.272 e. The summed E-state index contributed by atoms with van der Waals surface area (Å²) in [5.74, 6) is 1.11. The summed E-state index contributed by atoms with van der Waals surface area (Å²) in [7, 11) is 0. The molecule has 0 atom stereocenters. The standard InChI is InChI=1S/C6H11NS/c1-4-8-6(2)5-7-3/h5H,3-4H2,1-2H3. The highest BCUT2D eigenvalue weighted by molar-refractivity contribution is 8.03. The van der Waals surface area contributed by atoms with Crippen LogP contribution in [-0.2, 0) is 0 Å². The molecule has 0 aromatic heterocycles. The highest BCUT2D eigenvalue weighted by Crippen LogP contribution is 2.12. The van der Waals surface area contributed by atoms with Crippen LogP contribution in [0.5, 0.6) is 0 Å². The van der Waals surface area contributed by atoms with E-state index in [1.807, 2.05) is 6.92 Å². The summed E-state index contributed by atoms with van der Waals surface area (Å²) < 4.78 is 0. The molecule has 0 unspecified atom stereocenters. The summed E-state index contributed by atoms with van der Waals surface area (Å²) in [4.78, 5) is 4.85. The Kier molecular flexibility index (Phi) is 4.76. The number of aliphatic imine (C=N–C) groups is 1. The van der Waals surface area contributed by atoms with Crippen LogP contribution in [0.2, 0.25) is 0 Å². The van der Waals surface area contributed by atoms with E-state index in [0.29, 0.717) is 0 Å². The number of allylic oxidation sites excluding steroid dienone is 1. The van der Waals surface area contributed by atoms with E-state index in [9.17, 15) is 0 Å². The molecule has 8 heavy (non-hydrogen) atoms. The molecule has 0 aromatic rings. The van der Waals surface area contributed by atoms with Crippen LogP contribution in [0.4, 0.5) is 0 Å². The van der Waals surface area contributed by atoms with Gasteiger partial charge in [-0.05, 0) is 24.3 Å². The van der Waals surface area contributed by atoms with Gasteiger partial charge >= 0.3 is 0 Å². The fourth-order valence-electron chi connectivity index (χ4n) is 0.393. The van der Waals surface area contributed by atoms with E-state index in [4.69, 9.17) is 0 Å². The van der Waals surface area contributed by atoms with Crippen molar-refractivity contribution in [2.24, 2.45) is 4.99 Å². The highest BCUT2D eigenvalue weighted by atomic mass is 32.2. The topological polar surface area (TPSA) is 12.4 Å². The molecular formula is C6H11NS. The Labute approximate surface area is 54.9 Å². The summed E-state index contributed by atoms with van der Waals surface area (Å²) in [5, 5.41) is 0. The minimum atomic E-state index is 1.11. The van der Waals surface area contributed by atoms with Crippen LogP contribution in [0.25, 0.3) is 0 Å². The Morgan fingerprint density at radius 2 is 2.50 bits per heavy atom. The van der Waals surface area contributed by atoms with Crippen LogP contribution in [0, 0.1) is 0 Å². The Morgan fingerprint density at radius 1 is 1.88 bits per heavy atom. The highest BCUT2D eigenvalue weighted by Gasteiger charge is 1.82. The number of nitrogens with zero attached hydrogens (tertiary/aromatic N) is 1. The molecule has 2 heteroatoms. The fraction of sp³-hybridized carbons (Fsp3) is 0.500. The van der Waals surface area contributed by atoms with Gasteiger partial charge in [-0.1, -0.05) is 6.92 Å². The maximum Gasteiger partial charge on any atom is 0.0352 e. The van der Waals surface area contributed by atoms with E-state index in [2.05, 4.69) is 18.6 Å². The molecule has 0 fully saturated rings. The SMILES string of the molecule is C=NC=C(C)SCC. The van der Waals surface area contributed by atoms with Gasteiger partial charge < -0.3 is 0 Å². The first-order valence-electron chi connectivity index (χ1n) is 2.56. The van der Waals surface area contributed by atoms with Crippen LogP contribution in [0.3, 0.4) is 0 Å². The molecule has 0 saturated heterocycles. The molecule has 1 nitrogen and oxygen atoms in total. The quantitative estimate of drug-likeness (QED) is 0.533. The van der Waals surface area contributed by atoms with Crippen molar-refractivity contribution >= 4 is 18.5 Å². The Balaban J connectivity index is 3.44. The molecule has 0 rings (SSSR count). The predicted molar refractivity (Wildman–Crippen MR) is 41.4 cm³/mol. The predicted octanol–water partition coefficient (Wildman–Crippen LogP) is 2.30. The molecule has 0 aromatic carbocycles. The number of hydrogen-bond acceptors (Lipinski definition) is 2. The third-order valence-corrected chi connectivity index (χ3v) is 1.49. The van der Waals surface area contributed by atoms with Crippen LogP contribution < -0.4 is 0 Å². The molecule has 0 saturated carbocycles. The zero-order valence-electron chi connectivity index (χ0n) is 5.35. The molecule has 0 bridgehead atoms. The van der Waals surface area contributed by atoms with Crippen molar-refractivity contribution in [3.8, 4) is 0 Å². The van der Waals surface area contributed by atoms with E-state index in [-0.39, 0.29) is 0 Å². The van der Waals surface area contributed by atoms with Crippen molar-refractivity contribution in [1.29, 1.82) is 0 Å². The van der Waals surface area contributed by atoms with Crippen LogP contribution in [-0.4, -0.2) is 12.5 Å². The van der Waals surface area contributed by atoms with Crippen molar-refractivity contribution in [1.82, 2.24) is 0 Å². The van der Waals surface area contributed by atoms with Gasteiger partial charge in [-0.25, -0.2) is 0 Å². The van der Waals surface area contributed by atoms with Crippen molar-refractivity contribution in [2.75, 3.05) is 5.75 Å². The van der Waals surface area contributed by atoms with Gasteiger partial charge in [0, 0.05) is 6.20 Å². The monoisotopic (exact) mass is 129 g/mol. The van der Waals surface area contributed by atoms with E-state index >= 15 is 0 Å². The van der Waals surface area contributed by atoms with Crippen molar-refractivity contribution in [2.45, 2.75) is 13.8 Å². The molecule has 0 aliphatic carbocycles. The van der Waals surface area contributed by atoms with Crippen LogP contribution in [0.15, 0.2) is 16.1 Å². The summed E-state index contributed by atoms with van der Waals surface area (Å²) >= 11 is 1.78. The van der Waals surface area contributed by atoms with Crippen LogP contribution >= 0.6 is 11.8 Å². The maximum atomic E-state index is 3.62. The van der Waals surface area contributed by atoms with E-state index in [0.717, 1.165) is 5.75 Å². The lowest BCUT2D eigenvalue weighted by Gasteiger charge is -1.91. The van der Waals surface area contributed by atoms with Gasteiger partial charge in [0.15, 0.2) is 0 Å². The van der Waals surface area contributed by atoms with Crippen molar-refractivity contribution in [3.63, 3.8) is 0 Å². The second kappa shape index (κ2) is 4.91. The minimum absolute atomic E-state index is 1.11. The number of thioether (sulfide) groups is 1. The Hall–Kier alpha value is -0.240. The van der Waals surface area contributed by atoms with Gasteiger partial charge in [0.05, 0.1) is 0 Å². The summed E-state index contributed by atoms with van der Waals surface area (Å²) in [5.41, 5.74) is 0. The first-order chi connectivity index (χ1) is 3.81. The van der Waals surface area contributed by atoms with Crippen molar-refractivity contribution < 1.29 is 0 Å². The lowest BCUT2D eigenvalue weighted by Crippen LogP contribution is -1.66. The van der Waals surface area contributed by atoms with Gasteiger partial charge in [-0.2, -0.15) is 0 Å². The zero-order valence-corrected chi connectivity index (χ0v) is 6.16. The van der Waals surface area contributed by atoms with Gasteiger partial charge in [0.2, 0.25) is 0 Å². The lowest BCUT2D eigenvalue weighted by atomic mass is 10.7. The Morgan fingerprint density at radius 3 is 2.88 bits per heavy atom. The molecule has 0 spiro atoms. The molecule has 0 amide bonds. The third kappa shape index (κ3) is 3.93. The average Bonchev–Trinajstić information content (AvgIpc) is 1.68. The van der Waals surface area contributed by atoms with E-state index < -0.39 is 0 Å². The smallest absolute Gasteiger partial charge is 0.0352 e. The first kappa shape index (κ1) is 7.76. The Bertz CT molecular complexity index is 96.7. The summed E-state index contributed by atoms with van der Waals surface area (Å²) in [6.45, 7) is 7.49. The molecule has 46 valence electrons. The molecule has 0 radical (unpaired) electrons. The van der Waals surface area contributed by atoms with Gasteiger partial charge in [0.1, 0.15) is 0 Å². The van der Waals surface area contributed by atoms with Gasteiger partial charge in [0.25, 0.3) is 0 Å².